The molecule has 5 aliphatic rings. The minimum atomic E-state index is -1.29. The molecular weight excluding hydrogens is 456 g/mol. The van der Waals surface area contributed by atoms with Crippen molar-refractivity contribution in [1.82, 2.24) is 0 Å². The van der Waals surface area contributed by atoms with Gasteiger partial charge in [-0.15, -0.1) is 0 Å². The van der Waals surface area contributed by atoms with Crippen LogP contribution in [0.2, 0.25) is 0 Å². The van der Waals surface area contributed by atoms with Crippen LogP contribution in [-0.2, 0) is 9.59 Å². The number of allylic oxidation sites excluding steroid dienone is 1. The number of Topliss-reactive ketones (excluding diaryl/α,β-unsaturated/α-hetero) is 1. The van der Waals surface area contributed by atoms with Gasteiger partial charge in [0.15, 0.2) is 0 Å². The van der Waals surface area contributed by atoms with Crippen LogP contribution in [0, 0.1) is 56.7 Å². The number of hydrogen-bond donors (Lipinski definition) is 4. The molecule has 0 radical (unpaired) electrons. The number of carboxylic acids is 1. The van der Waals surface area contributed by atoms with E-state index in [1.807, 2.05) is 0 Å². The van der Waals surface area contributed by atoms with E-state index in [9.17, 15) is 30.0 Å². The zero-order chi connectivity index (χ0) is 26.8. The molecule has 36 heavy (non-hydrogen) atoms. The predicted octanol–water partition coefficient (Wildman–Crippen LogP) is 5.13. The Labute approximate surface area is 215 Å². The SMILES string of the molecule is CC1CC(=O)[C@]2(C)CC[C@]3(C)C(=C(O)C(O)C4[C@@]5(C)CC[C@H](O)C(C)(C(=O)O)C5CC[C@]43C)C2C1C. The number of hydrogen-bond acceptors (Lipinski definition) is 5. The van der Waals surface area contributed by atoms with Gasteiger partial charge in [0.05, 0.1) is 11.5 Å². The lowest BCUT2D eigenvalue weighted by Crippen LogP contribution is -2.70. The standard InChI is InChI=1S/C30H46O6/c1-15-14-19(32)27(4)12-13-28(5)21(20(27)16(15)2)22(33)23(34)24-26(3)10-9-18(31)30(7,25(35)36)17(26)8-11-29(24,28)6/h15-18,20,23-24,31,33-34H,8-14H2,1-7H3,(H,35,36)/t15?,16?,17?,18-,20?,23?,24?,26-,27-,28+,29+,30?/m0/s1. The summed E-state index contributed by atoms with van der Waals surface area (Å²) in [4.78, 5) is 25.9. The average molecular weight is 503 g/mol. The molecule has 0 aromatic heterocycles. The van der Waals surface area contributed by atoms with Gasteiger partial charge in [-0.2, -0.15) is 0 Å². The molecule has 7 unspecified atom stereocenters. The Bertz CT molecular complexity index is 1030. The van der Waals surface area contributed by atoms with E-state index in [4.69, 9.17) is 0 Å². The third-order valence-corrected chi connectivity index (χ3v) is 13.4. The molecule has 4 N–H and O–H groups in total. The molecule has 0 saturated heterocycles. The number of aliphatic hydroxyl groups is 3. The topological polar surface area (TPSA) is 115 Å². The molecule has 0 amide bonds. The summed E-state index contributed by atoms with van der Waals surface area (Å²) >= 11 is 0. The van der Waals surface area contributed by atoms with E-state index >= 15 is 0 Å². The first-order valence-electron chi connectivity index (χ1n) is 14.1. The maximum atomic E-state index is 13.4. The highest BCUT2D eigenvalue weighted by Gasteiger charge is 2.73. The zero-order valence-corrected chi connectivity index (χ0v) is 23.1. The molecule has 0 bridgehead atoms. The molecule has 202 valence electrons. The molecule has 4 fully saturated rings. The summed E-state index contributed by atoms with van der Waals surface area (Å²) in [7, 11) is 0. The summed E-state index contributed by atoms with van der Waals surface area (Å²) in [5, 5.41) is 45.0. The Morgan fingerprint density at radius 3 is 2.19 bits per heavy atom. The highest BCUT2D eigenvalue weighted by Crippen LogP contribution is 2.76. The van der Waals surface area contributed by atoms with Gasteiger partial charge in [-0.25, -0.2) is 0 Å². The minimum Gasteiger partial charge on any atom is -0.510 e. The number of aliphatic hydroxyl groups excluding tert-OH is 3. The second kappa shape index (κ2) is 7.59. The van der Waals surface area contributed by atoms with E-state index in [2.05, 4.69) is 41.5 Å². The van der Waals surface area contributed by atoms with Crippen LogP contribution in [0.1, 0.15) is 93.4 Å². The Morgan fingerprint density at radius 1 is 0.944 bits per heavy atom. The van der Waals surface area contributed by atoms with Crippen molar-refractivity contribution in [3.05, 3.63) is 11.3 Å². The first kappa shape index (κ1) is 26.2. The highest BCUT2D eigenvalue weighted by atomic mass is 16.4. The molecule has 0 aliphatic heterocycles. The molecule has 5 rings (SSSR count). The van der Waals surface area contributed by atoms with Gasteiger partial charge in [-0.05, 0) is 90.9 Å². The minimum absolute atomic E-state index is 0.0367. The van der Waals surface area contributed by atoms with Crippen molar-refractivity contribution in [1.29, 1.82) is 0 Å². The lowest BCUT2D eigenvalue weighted by atomic mass is 9.32. The highest BCUT2D eigenvalue weighted by molar-refractivity contribution is 5.87. The quantitative estimate of drug-likeness (QED) is 0.395. The summed E-state index contributed by atoms with van der Waals surface area (Å²) in [5.74, 6) is -0.993. The Hall–Kier alpha value is -1.40. The van der Waals surface area contributed by atoms with Gasteiger partial charge in [0, 0.05) is 17.8 Å². The predicted molar refractivity (Wildman–Crippen MR) is 136 cm³/mol. The van der Waals surface area contributed by atoms with Crippen molar-refractivity contribution in [3.8, 4) is 0 Å². The van der Waals surface area contributed by atoms with Crippen LogP contribution in [0.15, 0.2) is 11.3 Å². The molecule has 0 heterocycles. The largest absolute Gasteiger partial charge is 0.510 e. The zero-order valence-electron chi connectivity index (χ0n) is 23.1. The van der Waals surface area contributed by atoms with Crippen LogP contribution in [-0.4, -0.2) is 44.4 Å². The first-order valence-corrected chi connectivity index (χ1v) is 14.1. The van der Waals surface area contributed by atoms with E-state index < -0.39 is 39.8 Å². The van der Waals surface area contributed by atoms with Gasteiger partial charge in [-0.3, -0.25) is 9.59 Å². The molecule has 5 aliphatic carbocycles. The van der Waals surface area contributed by atoms with Crippen molar-refractivity contribution >= 4 is 11.8 Å². The molecule has 6 heteroatoms. The first-order chi connectivity index (χ1) is 16.5. The molecule has 0 aromatic carbocycles. The molecule has 0 aromatic rings. The second-order valence-electron chi connectivity index (χ2n) is 14.6. The third kappa shape index (κ3) is 2.76. The molecule has 12 atom stereocenters. The fraction of sp³-hybridized carbons (Fsp3) is 0.867. The Kier molecular flexibility index (Phi) is 5.53. The lowest BCUT2D eigenvalue weighted by Gasteiger charge is -2.71. The Balaban J connectivity index is 1.70. The summed E-state index contributed by atoms with van der Waals surface area (Å²) in [6.07, 6.45) is 2.43. The van der Waals surface area contributed by atoms with E-state index in [1.54, 1.807) is 6.92 Å². The monoisotopic (exact) mass is 502 g/mol. The van der Waals surface area contributed by atoms with E-state index in [-0.39, 0.29) is 46.5 Å². The summed E-state index contributed by atoms with van der Waals surface area (Å²) < 4.78 is 0. The van der Waals surface area contributed by atoms with Crippen LogP contribution in [0.4, 0.5) is 0 Å². The molecular formula is C30H46O6. The molecule has 0 spiro atoms. The van der Waals surface area contributed by atoms with Gasteiger partial charge >= 0.3 is 5.97 Å². The van der Waals surface area contributed by atoms with Gasteiger partial charge < -0.3 is 20.4 Å². The Morgan fingerprint density at radius 2 is 1.58 bits per heavy atom. The van der Waals surface area contributed by atoms with Crippen molar-refractivity contribution in [2.45, 2.75) is 106 Å². The molecule has 4 saturated carbocycles. The number of ketones is 1. The smallest absolute Gasteiger partial charge is 0.312 e. The number of carboxylic acid groups (broad SMARTS) is 1. The van der Waals surface area contributed by atoms with Crippen molar-refractivity contribution in [2.75, 3.05) is 0 Å². The third-order valence-electron chi connectivity index (χ3n) is 13.4. The summed E-state index contributed by atoms with van der Waals surface area (Å²) in [5.41, 5.74) is -2.25. The van der Waals surface area contributed by atoms with Gasteiger partial charge in [0.25, 0.3) is 0 Å². The van der Waals surface area contributed by atoms with Crippen molar-refractivity contribution in [3.63, 3.8) is 0 Å². The normalized spacial score (nSPS) is 56.8. The van der Waals surface area contributed by atoms with Crippen molar-refractivity contribution in [2.24, 2.45) is 56.7 Å². The summed E-state index contributed by atoms with van der Waals surface area (Å²) in [6.45, 7) is 14.7. The number of carbonyl (C=O) groups is 2. The maximum Gasteiger partial charge on any atom is 0.312 e. The van der Waals surface area contributed by atoms with E-state index in [0.29, 0.717) is 25.7 Å². The van der Waals surface area contributed by atoms with Gasteiger partial charge in [0.1, 0.15) is 17.6 Å². The fourth-order valence-corrected chi connectivity index (χ4v) is 10.8. The average Bonchev–Trinajstić information content (AvgIpc) is 2.79. The van der Waals surface area contributed by atoms with Crippen LogP contribution in [0.3, 0.4) is 0 Å². The molecule has 6 nitrogen and oxygen atoms in total. The van der Waals surface area contributed by atoms with Crippen LogP contribution >= 0.6 is 0 Å². The second-order valence-corrected chi connectivity index (χ2v) is 14.6. The van der Waals surface area contributed by atoms with E-state index in [1.165, 1.54) is 0 Å². The van der Waals surface area contributed by atoms with Gasteiger partial charge in [0.2, 0.25) is 0 Å². The van der Waals surface area contributed by atoms with Crippen LogP contribution in [0.25, 0.3) is 0 Å². The number of aliphatic carboxylic acids is 1. The van der Waals surface area contributed by atoms with Crippen LogP contribution < -0.4 is 0 Å². The maximum absolute atomic E-state index is 13.4. The summed E-state index contributed by atoms with van der Waals surface area (Å²) in [6, 6.07) is 0. The number of rotatable bonds is 1. The lowest BCUT2D eigenvalue weighted by molar-refractivity contribution is -0.238. The van der Waals surface area contributed by atoms with Gasteiger partial charge in [-0.1, -0.05) is 41.5 Å². The fourth-order valence-electron chi connectivity index (χ4n) is 10.8. The number of fused-ring (bicyclic) bond motifs is 7. The van der Waals surface area contributed by atoms with Crippen LogP contribution in [0.5, 0.6) is 0 Å². The van der Waals surface area contributed by atoms with Crippen molar-refractivity contribution < 1.29 is 30.0 Å². The number of carbonyl (C=O) groups excluding carboxylic acids is 1. The van der Waals surface area contributed by atoms with E-state index in [0.717, 1.165) is 24.8 Å².